The Labute approximate surface area is 187 Å². The summed E-state index contributed by atoms with van der Waals surface area (Å²) in [6.45, 7) is 0. The molecule has 32 heavy (non-hydrogen) atoms. The highest BCUT2D eigenvalue weighted by atomic mass is 32.2. The molecule has 1 aromatic heterocycles. The van der Waals surface area contributed by atoms with Crippen molar-refractivity contribution in [3.05, 3.63) is 96.3 Å². The number of carbonyl (C=O) groups excluding carboxylic acids is 2. The smallest absolute Gasteiger partial charge is 0.269 e. The zero-order valence-corrected chi connectivity index (χ0v) is 17.6. The molecule has 0 aliphatic rings. The zero-order valence-electron chi connectivity index (χ0n) is 16.7. The van der Waals surface area contributed by atoms with Crippen LogP contribution in [0.3, 0.4) is 0 Å². The van der Waals surface area contributed by atoms with Crippen molar-refractivity contribution in [1.82, 2.24) is 15.8 Å². The van der Waals surface area contributed by atoms with Crippen LogP contribution in [-0.2, 0) is 4.79 Å². The summed E-state index contributed by atoms with van der Waals surface area (Å²) in [5, 5.41) is 0.336. The number of nitrogens with zero attached hydrogens (tertiary/aromatic N) is 1. The summed E-state index contributed by atoms with van der Waals surface area (Å²) in [6, 6.07) is 24.2. The van der Waals surface area contributed by atoms with Gasteiger partial charge in [-0.05, 0) is 24.3 Å². The van der Waals surface area contributed by atoms with Crippen LogP contribution < -0.4 is 10.9 Å². The summed E-state index contributed by atoms with van der Waals surface area (Å²) in [6.07, 6.45) is 0. The number of halogens is 1. The van der Waals surface area contributed by atoms with Crippen LogP contribution in [0.25, 0.3) is 22.6 Å². The standard InChI is InChI=1S/C24H18FN3O3S/c25-19-13-11-18(12-14-19)23(30)28-27-20(29)15-32-24-26-21(16-7-3-1-4-8-16)22(31-24)17-9-5-2-6-10-17/h1-14H,15H2,(H,27,29)(H,28,30). The predicted molar refractivity (Wildman–Crippen MR) is 120 cm³/mol. The average Bonchev–Trinajstić information content (AvgIpc) is 3.27. The van der Waals surface area contributed by atoms with E-state index in [1.165, 1.54) is 24.3 Å². The van der Waals surface area contributed by atoms with Gasteiger partial charge in [-0.3, -0.25) is 20.4 Å². The van der Waals surface area contributed by atoms with E-state index < -0.39 is 17.6 Å². The fraction of sp³-hybridized carbons (Fsp3) is 0.0417. The first-order chi connectivity index (χ1) is 15.6. The van der Waals surface area contributed by atoms with E-state index in [1.807, 2.05) is 60.7 Å². The van der Waals surface area contributed by atoms with Crippen molar-refractivity contribution in [2.24, 2.45) is 0 Å². The van der Waals surface area contributed by atoms with Crippen LogP contribution in [0.2, 0.25) is 0 Å². The largest absolute Gasteiger partial charge is 0.431 e. The quantitative estimate of drug-likeness (QED) is 0.331. The van der Waals surface area contributed by atoms with E-state index in [9.17, 15) is 14.0 Å². The third-order valence-electron chi connectivity index (χ3n) is 4.44. The monoisotopic (exact) mass is 447 g/mol. The first-order valence-corrected chi connectivity index (χ1v) is 10.7. The molecule has 1 heterocycles. The van der Waals surface area contributed by atoms with Crippen LogP contribution in [-0.4, -0.2) is 22.6 Å². The lowest BCUT2D eigenvalue weighted by Gasteiger charge is -2.06. The molecule has 0 unspecified atom stereocenters. The van der Waals surface area contributed by atoms with Crippen LogP contribution in [0.15, 0.2) is 94.6 Å². The van der Waals surface area contributed by atoms with Crippen LogP contribution in [0.1, 0.15) is 10.4 Å². The van der Waals surface area contributed by atoms with Crippen LogP contribution in [0, 0.1) is 5.82 Å². The molecule has 0 saturated heterocycles. The minimum Gasteiger partial charge on any atom is -0.431 e. The van der Waals surface area contributed by atoms with Crippen LogP contribution in [0.4, 0.5) is 4.39 Å². The molecule has 160 valence electrons. The first kappa shape index (κ1) is 21.3. The summed E-state index contributed by atoms with van der Waals surface area (Å²) >= 11 is 1.11. The predicted octanol–water partition coefficient (Wildman–Crippen LogP) is 4.70. The Morgan fingerprint density at radius 3 is 2.12 bits per heavy atom. The van der Waals surface area contributed by atoms with E-state index in [-0.39, 0.29) is 11.3 Å². The molecule has 3 aromatic carbocycles. The summed E-state index contributed by atoms with van der Waals surface area (Å²) < 4.78 is 18.9. The molecule has 0 radical (unpaired) electrons. The Kier molecular flexibility index (Phi) is 6.62. The number of carbonyl (C=O) groups is 2. The Bertz CT molecular complexity index is 1160. The van der Waals surface area contributed by atoms with E-state index in [1.54, 1.807) is 0 Å². The van der Waals surface area contributed by atoms with Crippen molar-refractivity contribution in [2.45, 2.75) is 5.22 Å². The second-order valence-electron chi connectivity index (χ2n) is 6.69. The number of hydrazine groups is 1. The molecule has 2 N–H and O–H groups in total. The lowest BCUT2D eigenvalue weighted by Crippen LogP contribution is -2.42. The van der Waals surface area contributed by atoms with Gasteiger partial charge < -0.3 is 4.42 Å². The Morgan fingerprint density at radius 1 is 0.844 bits per heavy atom. The van der Waals surface area contributed by atoms with Gasteiger partial charge in [0.2, 0.25) is 5.91 Å². The third kappa shape index (κ3) is 5.22. The molecular formula is C24H18FN3O3S. The second-order valence-corrected chi connectivity index (χ2v) is 7.61. The van der Waals surface area contributed by atoms with Crippen molar-refractivity contribution in [1.29, 1.82) is 0 Å². The van der Waals surface area contributed by atoms with Crippen LogP contribution in [0.5, 0.6) is 0 Å². The number of oxazole rings is 1. The Hall–Kier alpha value is -3.91. The highest BCUT2D eigenvalue weighted by molar-refractivity contribution is 7.99. The van der Waals surface area contributed by atoms with Gasteiger partial charge in [0.05, 0.1) is 5.75 Å². The number of hydrogen-bond acceptors (Lipinski definition) is 5. The number of amides is 2. The number of thioether (sulfide) groups is 1. The molecule has 6 nitrogen and oxygen atoms in total. The Morgan fingerprint density at radius 2 is 1.47 bits per heavy atom. The van der Waals surface area contributed by atoms with Gasteiger partial charge in [0.15, 0.2) is 5.76 Å². The molecule has 0 aliphatic heterocycles. The maximum atomic E-state index is 13.0. The number of rotatable bonds is 6. The second kappa shape index (κ2) is 9.93. The van der Waals surface area contributed by atoms with E-state index in [0.29, 0.717) is 16.7 Å². The molecule has 4 aromatic rings. The van der Waals surface area contributed by atoms with Gasteiger partial charge in [-0.15, -0.1) is 0 Å². The van der Waals surface area contributed by atoms with Gasteiger partial charge >= 0.3 is 0 Å². The number of nitrogens with one attached hydrogen (secondary N) is 2. The average molecular weight is 447 g/mol. The highest BCUT2D eigenvalue weighted by Crippen LogP contribution is 2.35. The summed E-state index contributed by atoms with van der Waals surface area (Å²) in [4.78, 5) is 28.7. The molecule has 0 bridgehead atoms. The van der Waals surface area contributed by atoms with Crippen molar-refractivity contribution in [3.63, 3.8) is 0 Å². The summed E-state index contributed by atoms with van der Waals surface area (Å²) in [5.41, 5.74) is 7.32. The minimum absolute atomic E-state index is 0.0212. The molecule has 8 heteroatoms. The molecular weight excluding hydrogens is 429 g/mol. The van der Waals surface area contributed by atoms with E-state index in [4.69, 9.17) is 4.42 Å². The number of benzene rings is 3. The van der Waals surface area contributed by atoms with Crippen molar-refractivity contribution < 1.29 is 18.4 Å². The summed E-state index contributed by atoms with van der Waals surface area (Å²) in [7, 11) is 0. The first-order valence-electron chi connectivity index (χ1n) is 9.69. The zero-order chi connectivity index (χ0) is 22.3. The SMILES string of the molecule is O=C(CSc1nc(-c2ccccc2)c(-c2ccccc2)o1)NNC(=O)c1ccc(F)cc1. The van der Waals surface area contributed by atoms with E-state index >= 15 is 0 Å². The number of aromatic nitrogens is 1. The van der Waals surface area contributed by atoms with Crippen molar-refractivity contribution in [3.8, 4) is 22.6 Å². The third-order valence-corrected chi connectivity index (χ3v) is 5.27. The Balaban J connectivity index is 1.42. The molecule has 2 amide bonds. The van der Waals surface area contributed by atoms with Gasteiger partial charge in [-0.1, -0.05) is 72.4 Å². The van der Waals surface area contributed by atoms with Crippen LogP contribution >= 0.6 is 11.8 Å². The molecule has 0 fully saturated rings. The molecule has 0 aliphatic carbocycles. The lowest BCUT2D eigenvalue weighted by atomic mass is 10.1. The fourth-order valence-electron chi connectivity index (χ4n) is 2.90. The fourth-order valence-corrected chi connectivity index (χ4v) is 3.53. The number of hydrogen-bond donors (Lipinski definition) is 2. The highest BCUT2D eigenvalue weighted by Gasteiger charge is 2.18. The van der Waals surface area contributed by atoms with Crippen molar-refractivity contribution >= 4 is 23.6 Å². The maximum Gasteiger partial charge on any atom is 0.269 e. The van der Waals surface area contributed by atoms with Crippen molar-refractivity contribution in [2.75, 3.05) is 5.75 Å². The maximum absolute atomic E-state index is 13.0. The van der Waals surface area contributed by atoms with Gasteiger partial charge in [0, 0.05) is 16.7 Å². The van der Waals surface area contributed by atoms with Gasteiger partial charge in [-0.25, -0.2) is 9.37 Å². The van der Waals surface area contributed by atoms with Gasteiger partial charge in [0.1, 0.15) is 11.5 Å². The minimum atomic E-state index is -0.544. The molecule has 0 atom stereocenters. The van der Waals surface area contributed by atoms with Gasteiger partial charge in [-0.2, -0.15) is 0 Å². The topological polar surface area (TPSA) is 84.2 Å². The lowest BCUT2D eigenvalue weighted by molar-refractivity contribution is -0.119. The molecule has 0 saturated carbocycles. The van der Waals surface area contributed by atoms with E-state index in [0.717, 1.165) is 22.9 Å². The summed E-state index contributed by atoms with van der Waals surface area (Å²) in [5.74, 6) is -0.836. The molecule has 0 spiro atoms. The van der Waals surface area contributed by atoms with Gasteiger partial charge in [0.25, 0.3) is 11.1 Å². The van der Waals surface area contributed by atoms with E-state index in [2.05, 4.69) is 15.8 Å². The molecule has 4 rings (SSSR count). The normalized spacial score (nSPS) is 10.5.